The van der Waals surface area contributed by atoms with Gasteiger partial charge in [0.15, 0.2) is 0 Å². The van der Waals surface area contributed by atoms with Crippen molar-refractivity contribution in [2.45, 2.75) is 12.0 Å². The molecule has 2 saturated heterocycles. The molecule has 0 aliphatic carbocycles. The Hall–Kier alpha value is -2.22. The van der Waals surface area contributed by atoms with Gasteiger partial charge in [-0.15, -0.1) is 0 Å². The molecule has 2 fully saturated rings. The Morgan fingerprint density at radius 2 is 2.15 bits per heavy atom. The van der Waals surface area contributed by atoms with Gasteiger partial charge in [0.05, 0.1) is 18.9 Å². The maximum absolute atomic E-state index is 12.2. The summed E-state index contributed by atoms with van der Waals surface area (Å²) in [7, 11) is 0. The number of imide groups is 1. The van der Waals surface area contributed by atoms with Gasteiger partial charge in [0.25, 0.3) is 11.8 Å². The summed E-state index contributed by atoms with van der Waals surface area (Å²) < 4.78 is 0. The monoisotopic (exact) mass is 295 g/mol. The average molecular weight is 296 g/mol. The van der Waals surface area contributed by atoms with E-state index in [0.717, 1.165) is 0 Å². The molecule has 0 saturated carbocycles. The van der Waals surface area contributed by atoms with Gasteiger partial charge in [-0.2, -0.15) is 0 Å². The van der Waals surface area contributed by atoms with Crippen LogP contribution in [0.2, 0.25) is 5.15 Å². The zero-order chi connectivity index (χ0) is 14.3. The fraction of sp³-hybridized carbons (Fsp3) is 0.364. The summed E-state index contributed by atoms with van der Waals surface area (Å²) in [6.07, 6.45) is 2.94. The molecule has 0 aromatic carbocycles. The summed E-state index contributed by atoms with van der Waals surface area (Å²) in [6.45, 7) is 0.477. The first-order chi connectivity index (χ1) is 9.50. The van der Waals surface area contributed by atoms with Crippen LogP contribution in [-0.4, -0.2) is 51.3 Å². The molecule has 2 aliphatic rings. The van der Waals surface area contributed by atoms with E-state index in [2.05, 4.69) is 20.6 Å². The first-order valence-electron chi connectivity index (χ1n) is 5.91. The van der Waals surface area contributed by atoms with Gasteiger partial charge in [0.1, 0.15) is 16.4 Å². The van der Waals surface area contributed by atoms with Crippen LogP contribution in [0, 0.1) is 0 Å². The minimum atomic E-state index is -1.02. The maximum atomic E-state index is 12.2. The number of rotatable bonds is 1. The second kappa shape index (κ2) is 4.41. The molecule has 1 aromatic rings. The minimum Gasteiger partial charge on any atom is -0.334 e. The van der Waals surface area contributed by atoms with Crippen molar-refractivity contribution in [1.29, 1.82) is 0 Å². The van der Waals surface area contributed by atoms with Gasteiger partial charge in [-0.1, -0.05) is 11.6 Å². The van der Waals surface area contributed by atoms with E-state index in [-0.39, 0.29) is 23.3 Å². The summed E-state index contributed by atoms with van der Waals surface area (Å²) in [5, 5.41) is 4.95. The van der Waals surface area contributed by atoms with E-state index in [1.54, 1.807) is 0 Å². The maximum Gasteiger partial charge on any atom is 0.322 e. The lowest BCUT2D eigenvalue weighted by molar-refractivity contribution is -0.123. The molecule has 0 bridgehead atoms. The zero-order valence-corrected chi connectivity index (χ0v) is 11.0. The highest BCUT2D eigenvalue weighted by molar-refractivity contribution is 6.29. The van der Waals surface area contributed by atoms with Crippen LogP contribution in [0.15, 0.2) is 12.4 Å². The van der Waals surface area contributed by atoms with Crippen LogP contribution < -0.4 is 10.6 Å². The number of nitrogens with one attached hydrogen (secondary N) is 2. The number of likely N-dealkylation sites (tertiary alicyclic amines) is 1. The molecule has 9 heteroatoms. The Kier molecular flexibility index (Phi) is 2.82. The molecule has 1 unspecified atom stereocenters. The largest absolute Gasteiger partial charge is 0.334 e. The summed E-state index contributed by atoms with van der Waals surface area (Å²) >= 11 is 5.61. The quantitative estimate of drug-likeness (QED) is 0.683. The van der Waals surface area contributed by atoms with Crippen molar-refractivity contribution in [2.24, 2.45) is 0 Å². The first-order valence-corrected chi connectivity index (χ1v) is 6.28. The van der Waals surface area contributed by atoms with Gasteiger partial charge >= 0.3 is 6.03 Å². The summed E-state index contributed by atoms with van der Waals surface area (Å²) in [4.78, 5) is 44.4. The van der Waals surface area contributed by atoms with Crippen LogP contribution >= 0.6 is 11.6 Å². The summed E-state index contributed by atoms with van der Waals surface area (Å²) in [5.41, 5.74) is -0.872. The Morgan fingerprint density at radius 1 is 1.35 bits per heavy atom. The molecular formula is C11H10ClN5O3. The van der Waals surface area contributed by atoms with E-state index in [9.17, 15) is 14.4 Å². The molecular weight excluding hydrogens is 286 g/mol. The lowest BCUT2D eigenvalue weighted by Gasteiger charge is -2.20. The molecule has 2 aliphatic heterocycles. The van der Waals surface area contributed by atoms with Crippen LogP contribution in [0.25, 0.3) is 0 Å². The zero-order valence-electron chi connectivity index (χ0n) is 10.2. The standard InChI is InChI=1S/C11H10ClN5O3/c12-7-4-13-6(3-14-7)8(18)17-2-1-11(5-17)9(19)15-10(20)16-11/h3-4H,1-2,5H2,(H2,15,16,19,20). The van der Waals surface area contributed by atoms with Gasteiger partial charge in [-0.3, -0.25) is 14.9 Å². The molecule has 1 atom stereocenters. The van der Waals surface area contributed by atoms with E-state index < -0.39 is 17.5 Å². The number of halogens is 1. The topological polar surface area (TPSA) is 104 Å². The van der Waals surface area contributed by atoms with Crippen molar-refractivity contribution in [3.05, 3.63) is 23.2 Å². The Bertz CT molecular complexity index is 605. The van der Waals surface area contributed by atoms with Crippen LogP contribution in [0.4, 0.5) is 4.79 Å². The number of aromatic nitrogens is 2. The third kappa shape index (κ3) is 1.97. The molecule has 1 aromatic heterocycles. The van der Waals surface area contributed by atoms with Crippen molar-refractivity contribution >= 4 is 29.4 Å². The SMILES string of the molecule is O=C1NC(=O)C2(CCN(C(=O)c3cnc(Cl)cn3)C2)N1. The number of amides is 4. The molecule has 8 nitrogen and oxygen atoms in total. The lowest BCUT2D eigenvalue weighted by Crippen LogP contribution is -2.49. The van der Waals surface area contributed by atoms with E-state index >= 15 is 0 Å². The van der Waals surface area contributed by atoms with Crippen LogP contribution in [0.3, 0.4) is 0 Å². The normalized spacial score (nSPS) is 24.9. The first kappa shape index (κ1) is 12.8. The van der Waals surface area contributed by atoms with Crippen molar-refractivity contribution < 1.29 is 14.4 Å². The average Bonchev–Trinajstić information content (AvgIpc) is 2.95. The molecule has 3 heterocycles. The predicted octanol–water partition coefficient (Wildman–Crippen LogP) is -0.446. The highest BCUT2D eigenvalue weighted by atomic mass is 35.5. The van der Waals surface area contributed by atoms with Gasteiger partial charge in [0, 0.05) is 6.54 Å². The summed E-state index contributed by atoms with van der Waals surface area (Å²) in [6, 6.07) is -0.532. The third-order valence-electron chi connectivity index (χ3n) is 3.41. The van der Waals surface area contributed by atoms with Gasteiger partial charge in [-0.25, -0.2) is 14.8 Å². The predicted molar refractivity (Wildman–Crippen MR) is 67.0 cm³/mol. The molecule has 3 rings (SSSR count). The second-order valence-corrected chi connectivity index (χ2v) is 5.08. The fourth-order valence-corrected chi connectivity index (χ4v) is 2.48. The highest BCUT2D eigenvalue weighted by Gasteiger charge is 2.51. The van der Waals surface area contributed by atoms with Crippen LogP contribution in [0.5, 0.6) is 0 Å². The smallest absolute Gasteiger partial charge is 0.322 e. The second-order valence-electron chi connectivity index (χ2n) is 4.69. The number of hydrogen-bond acceptors (Lipinski definition) is 5. The molecule has 2 N–H and O–H groups in total. The Balaban J connectivity index is 1.77. The highest BCUT2D eigenvalue weighted by Crippen LogP contribution is 2.25. The van der Waals surface area contributed by atoms with Crippen LogP contribution in [-0.2, 0) is 4.79 Å². The van der Waals surface area contributed by atoms with E-state index in [4.69, 9.17) is 11.6 Å². The minimum absolute atomic E-state index is 0.119. The number of carbonyl (C=O) groups is 3. The number of carbonyl (C=O) groups excluding carboxylic acids is 3. The van der Waals surface area contributed by atoms with Gasteiger partial charge < -0.3 is 10.2 Å². The number of nitrogens with zero attached hydrogens (tertiary/aromatic N) is 3. The summed E-state index contributed by atoms with van der Waals surface area (Å²) in [5.74, 6) is -0.750. The third-order valence-corrected chi connectivity index (χ3v) is 3.61. The van der Waals surface area contributed by atoms with Gasteiger partial charge in [0.2, 0.25) is 0 Å². The van der Waals surface area contributed by atoms with E-state index in [1.807, 2.05) is 0 Å². The molecule has 0 radical (unpaired) electrons. The fourth-order valence-electron chi connectivity index (χ4n) is 2.38. The van der Waals surface area contributed by atoms with Gasteiger partial charge in [-0.05, 0) is 6.42 Å². The Morgan fingerprint density at radius 3 is 2.75 bits per heavy atom. The molecule has 104 valence electrons. The van der Waals surface area contributed by atoms with Crippen molar-refractivity contribution in [2.75, 3.05) is 13.1 Å². The molecule has 1 spiro atoms. The van der Waals surface area contributed by atoms with E-state index in [0.29, 0.717) is 13.0 Å². The van der Waals surface area contributed by atoms with Crippen molar-refractivity contribution in [3.63, 3.8) is 0 Å². The Labute approximate surface area is 118 Å². The van der Waals surface area contributed by atoms with E-state index in [1.165, 1.54) is 17.3 Å². The lowest BCUT2D eigenvalue weighted by atomic mass is 10.00. The number of urea groups is 1. The molecule has 20 heavy (non-hydrogen) atoms. The number of hydrogen-bond donors (Lipinski definition) is 2. The van der Waals surface area contributed by atoms with Crippen molar-refractivity contribution in [1.82, 2.24) is 25.5 Å². The van der Waals surface area contributed by atoms with Crippen molar-refractivity contribution in [3.8, 4) is 0 Å². The molecule has 4 amide bonds. The van der Waals surface area contributed by atoms with Crippen LogP contribution in [0.1, 0.15) is 16.9 Å².